The van der Waals surface area contributed by atoms with E-state index in [1.54, 1.807) is 19.3 Å². The van der Waals surface area contributed by atoms with Gasteiger partial charge in [-0.05, 0) is 110 Å². The van der Waals surface area contributed by atoms with E-state index in [1.807, 2.05) is 71.3 Å². The molecule has 1 saturated carbocycles. The number of rotatable bonds is 8. The SMILES string of the molecule is CCOC(=O)c1c(C=Cc2ccncc2)c2cc(-c3ccc(C(F)(F)F)cc3)ccc2n1-c1ccc(OC2CCCC2)cc1. The van der Waals surface area contributed by atoms with Crippen molar-refractivity contribution >= 4 is 29.0 Å². The van der Waals surface area contributed by atoms with Crippen LogP contribution < -0.4 is 4.74 Å². The molecule has 0 spiro atoms. The highest BCUT2D eigenvalue weighted by Crippen LogP contribution is 2.37. The number of pyridine rings is 1. The summed E-state index contributed by atoms with van der Waals surface area (Å²) < 4.78 is 53.2. The lowest BCUT2D eigenvalue weighted by Gasteiger charge is -2.15. The first-order valence-corrected chi connectivity index (χ1v) is 14.7. The molecule has 0 saturated heterocycles. The quantitative estimate of drug-likeness (QED) is 0.168. The van der Waals surface area contributed by atoms with E-state index in [4.69, 9.17) is 9.47 Å². The summed E-state index contributed by atoms with van der Waals surface area (Å²) in [6.07, 6.45) is 7.38. The zero-order chi connectivity index (χ0) is 30.7. The van der Waals surface area contributed by atoms with Gasteiger partial charge in [0.2, 0.25) is 0 Å². The van der Waals surface area contributed by atoms with Crippen molar-refractivity contribution in [2.75, 3.05) is 6.61 Å². The maximum absolute atomic E-state index is 13.6. The Morgan fingerprint density at radius 3 is 2.25 bits per heavy atom. The van der Waals surface area contributed by atoms with Crippen LogP contribution in [0.15, 0.2) is 91.3 Å². The molecule has 44 heavy (non-hydrogen) atoms. The second-order valence-corrected chi connectivity index (χ2v) is 10.8. The Balaban J connectivity index is 1.51. The summed E-state index contributed by atoms with van der Waals surface area (Å²) in [5.41, 5.74) is 4.02. The van der Waals surface area contributed by atoms with Crippen molar-refractivity contribution in [1.82, 2.24) is 9.55 Å². The standard InChI is InChI=1S/C36H31F3N2O3/c1-2-43-35(42)34-31(17-7-24-19-21-40-22-20-24)32-23-26(25-8-11-27(12-9-25)36(37,38)39)10-18-33(32)41(34)28-13-15-30(16-14-28)44-29-5-3-4-6-29/h7-23,29H,2-6H2,1H3. The number of benzene rings is 3. The molecule has 2 aromatic heterocycles. The largest absolute Gasteiger partial charge is 0.490 e. The summed E-state index contributed by atoms with van der Waals surface area (Å²) in [5, 5.41) is 0.752. The smallest absolute Gasteiger partial charge is 0.416 e. The van der Waals surface area contributed by atoms with Gasteiger partial charge in [-0.1, -0.05) is 30.4 Å². The van der Waals surface area contributed by atoms with Crippen LogP contribution in [0.2, 0.25) is 0 Å². The van der Waals surface area contributed by atoms with E-state index in [2.05, 4.69) is 4.98 Å². The number of hydrogen-bond acceptors (Lipinski definition) is 4. The maximum Gasteiger partial charge on any atom is 0.416 e. The molecule has 0 amide bonds. The third kappa shape index (κ3) is 6.11. The van der Waals surface area contributed by atoms with Gasteiger partial charge in [0.25, 0.3) is 0 Å². The fraction of sp³-hybridized carbons (Fsp3) is 0.222. The van der Waals surface area contributed by atoms with Crippen molar-refractivity contribution in [3.63, 3.8) is 0 Å². The number of ether oxygens (including phenoxy) is 2. The van der Waals surface area contributed by atoms with Crippen molar-refractivity contribution in [3.8, 4) is 22.6 Å². The van der Waals surface area contributed by atoms with E-state index in [-0.39, 0.29) is 12.7 Å². The minimum absolute atomic E-state index is 0.193. The number of carbonyl (C=O) groups is 1. The summed E-state index contributed by atoms with van der Waals surface area (Å²) in [6, 6.07) is 22.1. The Morgan fingerprint density at radius 2 is 1.59 bits per heavy atom. The van der Waals surface area contributed by atoms with Gasteiger partial charge in [-0.2, -0.15) is 13.2 Å². The Kier molecular flexibility index (Phi) is 8.24. The third-order valence-electron chi connectivity index (χ3n) is 7.87. The van der Waals surface area contributed by atoms with Crippen LogP contribution in [0.5, 0.6) is 5.75 Å². The van der Waals surface area contributed by atoms with E-state index >= 15 is 0 Å². The molecule has 0 radical (unpaired) electrons. The molecule has 2 heterocycles. The van der Waals surface area contributed by atoms with Crippen molar-refractivity contribution < 1.29 is 27.4 Å². The molecule has 1 fully saturated rings. The van der Waals surface area contributed by atoms with E-state index in [9.17, 15) is 18.0 Å². The zero-order valence-corrected chi connectivity index (χ0v) is 24.2. The number of esters is 1. The topological polar surface area (TPSA) is 53.3 Å². The van der Waals surface area contributed by atoms with E-state index < -0.39 is 17.7 Å². The number of alkyl halides is 3. The molecular weight excluding hydrogens is 565 g/mol. The van der Waals surface area contributed by atoms with Crippen LogP contribution in [-0.2, 0) is 10.9 Å². The molecule has 3 aromatic carbocycles. The normalized spacial score (nSPS) is 14.0. The third-order valence-corrected chi connectivity index (χ3v) is 7.87. The van der Waals surface area contributed by atoms with Crippen LogP contribution in [-0.4, -0.2) is 28.2 Å². The molecule has 0 N–H and O–H groups in total. The fourth-order valence-electron chi connectivity index (χ4n) is 5.71. The lowest BCUT2D eigenvalue weighted by Crippen LogP contribution is -2.13. The van der Waals surface area contributed by atoms with E-state index in [0.29, 0.717) is 16.8 Å². The van der Waals surface area contributed by atoms with Crippen molar-refractivity contribution in [1.29, 1.82) is 0 Å². The molecule has 0 atom stereocenters. The van der Waals surface area contributed by atoms with E-state index in [0.717, 1.165) is 58.4 Å². The first kappa shape index (κ1) is 29.2. The minimum atomic E-state index is -4.42. The Labute approximate surface area is 253 Å². The highest BCUT2D eigenvalue weighted by atomic mass is 19.4. The molecule has 8 heteroatoms. The molecule has 6 rings (SSSR count). The van der Waals surface area contributed by atoms with Gasteiger partial charge >= 0.3 is 12.1 Å². The first-order chi connectivity index (χ1) is 21.3. The van der Waals surface area contributed by atoms with Crippen LogP contribution >= 0.6 is 0 Å². The maximum atomic E-state index is 13.6. The van der Waals surface area contributed by atoms with Crippen LogP contribution in [0.25, 0.3) is 39.9 Å². The van der Waals surface area contributed by atoms with Crippen molar-refractivity contribution in [3.05, 3.63) is 114 Å². The highest BCUT2D eigenvalue weighted by Gasteiger charge is 2.30. The molecule has 0 unspecified atom stereocenters. The average molecular weight is 597 g/mol. The van der Waals surface area contributed by atoms with Gasteiger partial charge in [0, 0.05) is 29.0 Å². The second-order valence-electron chi connectivity index (χ2n) is 10.8. The second kappa shape index (κ2) is 12.4. The molecule has 1 aliphatic rings. The number of halogens is 3. The van der Waals surface area contributed by atoms with Crippen molar-refractivity contribution in [2.24, 2.45) is 0 Å². The van der Waals surface area contributed by atoms with Crippen LogP contribution in [0.4, 0.5) is 13.2 Å². The van der Waals surface area contributed by atoms with Gasteiger partial charge in [0.1, 0.15) is 11.4 Å². The van der Waals surface area contributed by atoms with Gasteiger partial charge in [-0.3, -0.25) is 4.98 Å². The minimum Gasteiger partial charge on any atom is -0.490 e. The Hall–Kier alpha value is -4.85. The number of aromatic nitrogens is 2. The number of hydrogen-bond donors (Lipinski definition) is 0. The fourth-order valence-corrected chi connectivity index (χ4v) is 5.71. The summed E-state index contributed by atoms with van der Waals surface area (Å²) in [6.45, 7) is 1.95. The summed E-state index contributed by atoms with van der Waals surface area (Å²) in [7, 11) is 0. The number of fused-ring (bicyclic) bond motifs is 1. The first-order valence-electron chi connectivity index (χ1n) is 14.7. The highest BCUT2D eigenvalue weighted by molar-refractivity contribution is 6.06. The molecular formula is C36H31F3N2O3. The lowest BCUT2D eigenvalue weighted by molar-refractivity contribution is -0.137. The number of carbonyl (C=O) groups excluding carboxylic acids is 1. The van der Waals surface area contributed by atoms with E-state index in [1.165, 1.54) is 25.0 Å². The molecule has 1 aliphatic carbocycles. The molecule has 5 aromatic rings. The van der Waals surface area contributed by atoms with Crippen LogP contribution in [0, 0.1) is 0 Å². The Morgan fingerprint density at radius 1 is 0.909 bits per heavy atom. The molecule has 224 valence electrons. The summed E-state index contributed by atoms with van der Waals surface area (Å²) in [4.78, 5) is 17.7. The molecule has 0 aliphatic heterocycles. The summed E-state index contributed by atoms with van der Waals surface area (Å²) in [5.74, 6) is 0.289. The van der Waals surface area contributed by atoms with Gasteiger partial charge in [-0.25, -0.2) is 4.79 Å². The molecule has 5 nitrogen and oxygen atoms in total. The Bertz CT molecular complexity index is 1790. The predicted octanol–water partition coefficient (Wildman–Crippen LogP) is 9.38. The van der Waals surface area contributed by atoms with Crippen LogP contribution in [0.1, 0.15) is 59.8 Å². The van der Waals surface area contributed by atoms with Crippen LogP contribution in [0.3, 0.4) is 0 Å². The van der Waals surface area contributed by atoms with Gasteiger partial charge in [0.05, 0.1) is 23.8 Å². The monoisotopic (exact) mass is 596 g/mol. The number of nitrogens with zero attached hydrogens (tertiary/aromatic N) is 2. The summed E-state index contributed by atoms with van der Waals surface area (Å²) >= 11 is 0. The van der Waals surface area contributed by atoms with Gasteiger partial charge < -0.3 is 14.0 Å². The van der Waals surface area contributed by atoms with Gasteiger partial charge in [-0.15, -0.1) is 0 Å². The van der Waals surface area contributed by atoms with Gasteiger partial charge in [0.15, 0.2) is 0 Å². The zero-order valence-electron chi connectivity index (χ0n) is 24.2. The average Bonchev–Trinajstić information content (AvgIpc) is 3.66. The lowest BCUT2D eigenvalue weighted by atomic mass is 10.0. The van der Waals surface area contributed by atoms with Crippen molar-refractivity contribution in [2.45, 2.75) is 44.9 Å². The molecule has 0 bridgehead atoms. The predicted molar refractivity (Wildman–Crippen MR) is 166 cm³/mol.